The van der Waals surface area contributed by atoms with Crippen LogP contribution < -0.4 is 10.1 Å². The summed E-state index contributed by atoms with van der Waals surface area (Å²) in [6.07, 6.45) is 5.25. The molecule has 1 saturated carbocycles. The third-order valence-electron chi connectivity index (χ3n) is 4.01. The van der Waals surface area contributed by atoms with Gasteiger partial charge < -0.3 is 10.1 Å². The SMILES string of the molecule is COc1cccc(CC2(CNC(C)C)CCC2)c1. The lowest BCUT2D eigenvalue weighted by molar-refractivity contribution is 0.126. The Bertz CT molecular complexity index is 382. The summed E-state index contributed by atoms with van der Waals surface area (Å²) in [6.45, 7) is 5.58. The molecule has 1 aliphatic rings. The lowest BCUT2D eigenvalue weighted by Crippen LogP contribution is -2.43. The highest BCUT2D eigenvalue weighted by Gasteiger charge is 2.36. The smallest absolute Gasteiger partial charge is 0.119 e. The Morgan fingerprint density at radius 2 is 2.11 bits per heavy atom. The summed E-state index contributed by atoms with van der Waals surface area (Å²) in [5.74, 6) is 0.971. The zero-order valence-corrected chi connectivity index (χ0v) is 11.8. The third kappa shape index (κ3) is 3.26. The van der Waals surface area contributed by atoms with Gasteiger partial charge in [-0.1, -0.05) is 32.4 Å². The molecule has 0 amide bonds. The molecule has 0 spiro atoms. The van der Waals surface area contributed by atoms with Crippen molar-refractivity contribution in [3.63, 3.8) is 0 Å². The number of hydrogen-bond donors (Lipinski definition) is 1. The zero-order chi connectivity index (χ0) is 13.0. The standard InChI is InChI=1S/C16H25NO/c1-13(2)17-12-16(8-5-9-16)11-14-6-4-7-15(10-14)18-3/h4,6-7,10,13,17H,5,8-9,11-12H2,1-3H3. The monoisotopic (exact) mass is 247 g/mol. The van der Waals surface area contributed by atoms with Gasteiger partial charge in [0.25, 0.3) is 0 Å². The summed E-state index contributed by atoms with van der Waals surface area (Å²) in [6, 6.07) is 9.08. The van der Waals surface area contributed by atoms with E-state index in [1.807, 2.05) is 6.07 Å². The van der Waals surface area contributed by atoms with Gasteiger partial charge in [-0.3, -0.25) is 0 Å². The van der Waals surface area contributed by atoms with Gasteiger partial charge in [0.1, 0.15) is 5.75 Å². The fraction of sp³-hybridized carbons (Fsp3) is 0.625. The van der Waals surface area contributed by atoms with Crippen LogP contribution in [0.5, 0.6) is 5.75 Å². The lowest BCUT2D eigenvalue weighted by atomic mass is 9.65. The Morgan fingerprint density at radius 3 is 2.67 bits per heavy atom. The first-order valence-corrected chi connectivity index (χ1v) is 7.00. The molecule has 0 atom stereocenters. The van der Waals surface area contributed by atoms with Crippen LogP contribution >= 0.6 is 0 Å². The van der Waals surface area contributed by atoms with E-state index in [-0.39, 0.29) is 0 Å². The topological polar surface area (TPSA) is 21.3 Å². The van der Waals surface area contributed by atoms with Crippen LogP contribution in [0, 0.1) is 5.41 Å². The normalized spacial score (nSPS) is 17.6. The molecule has 100 valence electrons. The van der Waals surface area contributed by atoms with Gasteiger partial charge in [0, 0.05) is 12.6 Å². The van der Waals surface area contributed by atoms with Crippen molar-refractivity contribution in [1.29, 1.82) is 0 Å². The average molecular weight is 247 g/mol. The Balaban J connectivity index is 2.00. The van der Waals surface area contributed by atoms with Crippen molar-refractivity contribution in [2.45, 2.75) is 45.6 Å². The number of ether oxygens (including phenoxy) is 1. The summed E-state index contributed by atoms with van der Waals surface area (Å²) in [4.78, 5) is 0. The van der Waals surface area contributed by atoms with E-state index in [0.29, 0.717) is 11.5 Å². The van der Waals surface area contributed by atoms with Gasteiger partial charge in [0.2, 0.25) is 0 Å². The average Bonchev–Trinajstić information content (AvgIpc) is 2.32. The van der Waals surface area contributed by atoms with Crippen molar-refractivity contribution in [1.82, 2.24) is 5.32 Å². The molecule has 0 heterocycles. The van der Waals surface area contributed by atoms with Crippen LogP contribution in [0.4, 0.5) is 0 Å². The van der Waals surface area contributed by atoms with E-state index in [9.17, 15) is 0 Å². The third-order valence-corrected chi connectivity index (χ3v) is 4.01. The molecule has 0 radical (unpaired) electrons. The highest BCUT2D eigenvalue weighted by Crippen LogP contribution is 2.43. The highest BCUT2D eigenvalue weighted by atomic mass is 16.5. The second kappa shape index (κ2) is 5.75. The molecule has 2 nitrogen and oxygen atoms in total. The molecule has 0 saturated heterocycles. The maximum absolute atomic E-state index is 5.30. The summed E-state index contributed by atoms with van der Waals surface area (Å²) >= 11 is 0. The number of nitrogens with one attached hydrogen (secondary N) is 1. The van der Waals surface area contributed by atoms with Crippen molar-refractivity contribution in [3.05, 3.63) is 29.8 Å². The predicted octanol–water partition coefficient (Wildman–Crippen LogP) is 3.41. The lowest BCUT2D eigenvalue weighted by Gasteiger charge is -2.43. The van der Waals surface area contributed by atoms with Crippen LogP contribution in [0.2, 0.25) is 0 Å². The van der Waals surface area contributed by atoms with Crippen LogP contribution in [-0.4, -0.2) is 19.7 Å². The van der Waals surface area contributed by atoms with Crippen LogP contribution in [-0.2, 0) is 6.42 Å². The van der Waals surface area contributed by atoms with Gasteiger partial charge in [-0.05, 0) is 42.4 Å². The number of benzene rings is 1. The van der Waals surface area contributed by atoms with E-state index in [2.05, 4.69) is 37.4 Å². The molecule has 0 aliphatic heterocycles. The van der Waals surface area contributed by atoms with Gasteiger partial charge in [-0.15, -0.1) is 0 Å². The first-order chi connectivity index (χ1) is 8.63. The molecule has 1 aliphatic carbocycles. The molecule has 2 rings (SSSR count). The van der Waals surface area contributed by atoms with E-state index in [1.165, 1.54) is 31.2 Å². The van der Waals surface area contributed by atoms with Gasteiger partial charge in [-0.25, -0.2) is 0 Å². The van der Waals surface area contributed by atoms with E-state index >= 15 is 0 Å². The fourth-order valence-corrected chi connectivity index (χ4v) is 2.73. The molecule has 0 bridgehead atoms. The maximum atomic E-state index is 5.30. The zero-order valence-electron chi connectivity index (χ0n) is 11.8. The summed E-state index contributed by atoms with van der Waals surface area (Å²) < 4.78 is 5.30. The van der Waals surface area contributed by atoms with Crippen LogP contribution in [0.15, 0.2) is 24.3 Å². The second-order valence-electron chi connectivity index (χ2n) is 5.92. The van der Waals surface area contributed by atoms with E-state index in [4.69, 9.17) is 4.74 Å². The molecule has 0 unspecified atom stereocenters. The summed E-state index contributed by atoms with van der Waals surface area (Å²) in [5.41, 5.74) is 1.89. The van der Waals surface area contributed by atoms with Crippen LogP contribution in [0.25, 0.3) is 0 Å². The minimum Gasteiger partial charge on any atom is -0.497 e. The van der Waals surface area contributed by atoms with Gasteiger partial charge in [0.15, 0.2) is 0 Å². The van der Waals surface area contributed by atoms with Crippen LogP contribution in [0.3, 0.4) is 0 Å². The molecular weight excluding hydrogens is 222 g/mol. The number of rotatable bonds is 6. The minimum absolute atomic E-state index is 0.483. The molecule has 18 heavy (non-hydrogen) atoms. The Morgan fingerprint density at radius 1 is 1.33 bits per heavy atom. The van der Waals surface area contributed by atoms with Gasteiger partial charge in [-0.2, -0.15) is 0 Å². The van der Waals surface area contributed by atoms with Crippen molar-refractivity contribution in [2.24, 2.45) is 5.41 Å². The maximum Gasteiger partial charge on any atom is 0.119 e. The fourth-order valence-electron chi connectivity index (χ4n) is 2.73. The largest absolute Gasteiger partial charge is 0.497 e. The predicted molar refractivity (Wildman–Crippen MR) is 76.1 cm³/mol. The quantitative estimate of drug-likeness (QED) is 0.832. The molecule has 1 aromatic carbocycles. The number of hydrogen-bond acceptors (Lipinski definition) is 2. The van der Waals surface area contributed by atoms with Crippen molar-refractivity contribution < 1.29 is 4.74 Å². The van der Waals surface area contributed by atoms with E-state index in [1.54, 1.807) is 7.11 Å². The molecule has 1 aromatic rings. The first-order valence-electron chi connectivity index (χ1n) is 7.00. The summed E-state index contributed by atoms with van der Waals surface area (Å²) in [7, 11) is 1.73. The van der Waals surface area contributed by atoms with E-state index < -0.39 is 0 Å². The molecule has 1 N–H and O–H groups in total. The van der Waals surface area contributed by atoms with Crippen LogP contribution in [0.1, 0.15) is 38.7 Å². The van der Waals surface area contributed by atoms with Crippen molar-refractivity contribution >= 4 is 0 Å². The Kier molecular flexibility index (Phi) is 4.28. The van der Waals surface area contributed by atoms with Gasteiger partial charge >= 0.3 is 0 Å². The number of methoxy groups -OCH3 is 1. The Labute approximate surface area is 111 Å². The van der Waals surface area contributed by atoms with E-state index in [0.717, 1.165) is 12.3 Å². The first kappa shape index (κ1) is 13.4. The molecule has 0 aromatic heterocycles. The Hall–Kier alpha value is -1.02. The summed E-state index contributed by atoms with van der Waals surface area (Å²) in [5, 5.41) is 3.61. The van der Waals surface area contributed by atoms with Gasteiger partial charge in [0.05, 0.1) is 7.11 Å². The molecular formula is C16H25NO. The van der Waals surface area contributed by atoms with Crippen molar-refractivity contribution in [2.75, 3.05) is 13.7 Å². The minimum atomic E-state index is 0.483. The second-order valence-corrected chi connectivity index (χ2v) is 5.92. The highest BCUT2D eigenvalue weighted by molar-refractivity contribution is 5.29. The molecule has 2 heteroatoms. The molecule has 1 fully saturated rings. The van der Waals surface area contributed by atoms with Crippen molar-refractivity contribution in [3.8, 4) is 5.75 Å².